The maximum atomic E-state index is 12.9. The number of alkyl halides is 3. The molecular weight excluding hydrogens is 229 g/mol. The average Bonchev–Trinajstić information content (AvgIpc) is 2.64. The van der Waals surface area contributed by atoms with Crippen LogP contribution in [-0.4, -0.2) is 41.8 Å². The van der Waals surface area contributed by atoms with Crippen molar-refractivity contribution >= 4 is 0 Å². The van der Waals surface area contributed by atoms with Crippen LogP contribution in [0.2, 0.25) is 0 Å². The summed E-state index contributed by atoms with van der Waals surface area (Å²) in [6, 6.07) is -0.885. The molecule has 2 aliphatic rings. The summed E-state index contributed by atoms with van der Waals surface area (Å²) < 4.78 is 38.6. The lowest BCUT2D eigenvalue weighted by Crippen LogP contribution is -2.61. The first-order chi connectivity index (χ1) is 7.85. The van der Waals surface area contributed by atoms with Gasteiger partial charge in [-0.25, -0.2) is 0 Å². The number of hydrogen-bond acceptors (Lipinski definition) is 2. The van der Waals surface area contributed by atoms with Gasteiger partial charge in [0.25, 0.3) is 0 Å². The quantitative estimate of drug-likeness (QED) is 0.769. The zero-order valence-corrected chi connectivity index (χ0v) is 10.5. The maximum absolute atomic E-state index is 12.9. The van der Waals surface area contributed by atoms with Crippen molar-refractivity contribution < 1.29 is 13.2 Å². The molecule has 0 aromatic heterocycles. The van der Waals surface area contributed by atoms with Gasteiger partial charge < -0.3 is 5.32 Å². The summed E-state index contributed by atoms with van der Waals surface area (Å²) >= 11 is 0. The van der Waals surface area contributed by atoms with E-state index >= 15 is 0 Å². The van der Waals surface area contributed by atoms with Crippen molar-refractivity contribution in [2.45, 2.75) is 63.3 Å². The second kappa shape index (κ2) is 4.43. The summed E-state index contributed by atoms with van der Waals surface area (Å²) in [6.07, 6.45) is -0.466. The number of hydrogen-bond donors (Lipinski definition) is 1. The van der Waals surface area contributed by atoms with Gasteiger partial charge in [-0.05, 0) is 46.1 Å². The van der Waals surface area contributed by atoms with Crippen molar-refractivity contribution in [1.82, 2.24) is 10.2 Å². The molecule has 3 unspecified atom stereocenters. The molecule has 0 aromatic carbocycles. The van der Waals surface area contributed by atoms with E-state index in [1.54, 1.807) is 4.90 Å². The summed E-state index contributed by atoms with van der Waals surface area (Å²) in [4.78, 5) is 1.69. The van der Waals surface area contributed by atoms with Gasteiger partial charge in [-0.2, -0.15) is 13.2 Å². The van der Waals surface area contributed by atoms with E-state index in [1.807, 2.05) is 0 Å². The molecule has 0 aliphatic carbocycles. The van der Waals surface area contributed by atoms with E-state index in [0.29, 0.717) is 19.1 Å². The minimum absolute atomic E-state index is 0.249. The topological polar surface area (TPSA) is 15.3 Å². The Hall–Kier alpha value is -0.290. The van der Waals surface area contributed by atoms with Gasteiger partial charge in [-0.1, -0.05) is 0 Å². The fourth-order valence-corrected chi connectivity index (χ4v) is 3.24. The minimum atomic E-state index is -4.11. The molecule has 0 saturated carbocycles. The first kappa shape index (κ1) is 13.1. The van der Waals surface area contributed by atoms with Crippen molar-refractivity contribution in [3.05, 3.63) is 0 Å². The fourth-order valence-electron chi connectivity index (χ4n) is 3.24. The molecule has 2 nitrogen and oxygen atoms in total. The highest BCUT2D eigenvalue weighted by Crippen LogP contribution is 2.40. The summed E-state index contributed by atoms with van der Waals surface area (Å²) in [6.45, 7) is 4.68. The molecule has 100 valence electrons. The van der Waals surface area contributed by atoms with Gasteiger partial charge in [0, 0.05) is 18.1 Å². The predicted molar refractivity (Wildman–Crippen MR) is 60.9 cm³/mol. The molecule has 0 radical (unpaired) electrons. The van der Waals surface area contributed by atoms with Crippen molar-refractivity contribution in [1.29, 1.82) is 0 Å². The van der Waals surface area contributed by atoms with Gasteiger partial charge in [0.05, 0.1) is 0 Å². The molecule has 1 spiro atoms. The maximum Gasteiger partial charge on any atom is 0.403 e. The van der Waals surface area contributed by atoms with Crippen LogP contribution in [0.4, 0.5) is 13.2 Å². The SMILES string of the molecule is CC1CCC2(CCCN2C(C)C(F)(F)F)CN1. The van der Waals surface area contributed by atoms with Crippen LogP contribution in [0.25, 0.3) is 0 Å². The van der Waals surface area contributed by atoms with Gasteiger partial charge in [-0.15, -0.1) is 0 Å². The average molecular weight is 250 g/mol. The Kier molecular flexibility index (Phi) is 3.42. The van der Waals surface area contributed by atoms with Gasteiger partial charge >= 0.3 is 6.18 Å². The highest BCUT2D eigenvalue weighted by molar-refractivity contribution is 5.03. The second-order valence-electron chi connectivity index (χ2n) is 5.56. The molecule has 2 aliphatic heterocycles. The number of rotatable bonds is 1. The Morgan fingerprint density at radius 1 is 1.35 bits per heavy atom. The number of nitrogens with zero attached hydrogens (tertiary/aromatic N) is 1. The predicted octanol–water partition coefficient (Wildman–Crippen LogP) is 2.54. The van der Waals surface area contributed by atoms with E-state index in [9.17, 15) is 13.2 Å². The van der Waals surface area contributed by atoms with Crippen molar-refractivity contribution in [2.24, 2.45) is 0 Å². The lowest BCUT2D eigenvalue weighted by Gasteiger charge is -2.46. The van der Waals surface area contributed by atoms with Gasteiger partial charge in [0.2, 0.25) is 0 Å². The van der Waals surface area contributed by atoms with Crippen molar-refractivity contribution in [3.63, 3.8) is 0 Å². The van der Waals surface area contributed by atoms with Crippen LogP contribution < -0.4 is 5.32 Å². The lowest BCUT2D eigenvalue weighted by molar-refractivity contribution is -0.190. The Balaban J connectivity index is 2.12. The second-order valence-corrected chi connectivity index (χ2v) is 5.56. The largest absolute Gasteiger partial charge is 0.403 e. The standard InChI is InChI=1S/C12H21F3N2/c1-9-4-6-11(8-16-9)5-3-7-17(11)10(2)12(13,14)15/h9-10,16H,3-8H2,1-2H3. The normalized spacial score (nSPS) is 37.6. The summed E-state index contributed by atoms with van der Waals surface area (Å²) in [5.74, 6) is 0. The fraction of sp³-hybridized carbons (Fsp3) is 1.00. The first-order valence-corrected chi connectivity index (χ1v) is 6.42. The molecule has 2 rings (SSSR count). The van der Waals surface area contributed by atoms with Crippen LogP contribution in [0.5, 0.6) is 0 Å². The first-order valence-electron chi connectivity index (χ1n) is 6.42. The van der Waals surface area contributed by atoms with E-state index in [1.165, 1.54) is 6.92 Å². The molecule has 3 atom stereocenters. The third kappa shape index (κ3) is 2.45. The summed E-state index contributed by atoms with van der Waals surface area (Å²) in [7, 11) is 0. The minimum Gasteiger partial charge on any atom is -0.312 e. The summed E-state index contributed by atoms with van der Waals surface area (Å²) in [5.41, 5.74) is -0.249. The van der Waals surface area contributed by atoms with Crippen molar-refractivity contribution in [3.8, 4) is 0 Å². The molecular formula is C12H21F3N2. The molecule has 2 fully saturated rings. The van der Waals surface area contributed by atoms with Crippen LogP contribution in [0, 0.1) is 0 Å². The van der Waals surface area contributed by atoms with Crippen LogP contribution in [-0.2, 0) is 0 Å². The number of piperidine rings is 1. The monoisotopic (exact) mass is 250 g/mol. The van der Waals surface area contributed by atoms with Gasteiger partial charge in [-0.3, -0.25) is 4.90 Å². The lowest BCUT2D eigenvalue weighted by atomic mass is 9.84. The highest BCUT2D eigenvalue weighted by atomic mass is 19.4. The Labute approximate surface area is 101 Å². The zero-order chi connectivity index (χ0) is 12.7. The number of nitrogens with one attached hydrogen (secondary N) is 1. The van der Waals surface area contributed by atoms with E-state index in [2.05, 4.69) is 12.2 Å². The smallest absolute Gasteiger partial charge is 0.312 e. The van der Waals surface area contributed by atoms with E-state index in [0.717, 1.165) is 25.7 Å². The summed E-state index contributed by atoms with van der Waals surface area (Å²) in [5, 5.41) is 3.34. The third-order valence-electron chi connectivity index (χ3n) is 4.41. The molecule has 1 N–H and O–H groups in total. The molecule has 2 heterocycles. The van der Waals surface area contributed by atoms with Crippen LogP contribution in [0.15, 0.2) is 0 Å². The van der Waals surface area contributed by atoms with Crippen LogP contribution in [0.1, 0.15) is 39.5 Å². The highest BCUT2D eigenvalue weighted by Gasteiger charge is 2.51. The molecule has 0 bridgehead atoms. The zero-order valence-electron chi connectivity index (χ0n) is 10.5. The number of halogens is 3. The Bertz CT molecular complexity index is 269. The molecule has 2 saturated heterocycles. The molecule has 5 heteroatoms. The van der Waals surface area contributed by atoms with Crippen LogP contribution in [0.3, 0.4) is 0 Å². The molecule has 0 amide bonds. The Morgan fingerprint density at radius 3 is 2.59 bits per heavy atom. The van der Waals surface area contributed by atoms with Gasteiger partial charge in [0.15, 0.2) is 0 Å². The molecule has 17 heavy (non-hydrogen) atoms. The van der Waals surface area contributed by atoms with Crippen molar-refractivity contribution in [2.75, 3.05) is 13.1 Å². The Morgan fingerprint density at radius 2 is 2.06 bits per heavy atom. The molecule has 0 aromatic rings. The van der Waals surface area contributed by atoms with E-state index in [-0.39, 0.29) is 5.54 Å². The van der Waals surface area contributed by atoms with E-state index in [4.69, 9.17) is 0 Å². The third-order valence-corrected chi connectivity index (χ3v) is 4.41. The number of likely N-dealkylation sites (tertiary alicyclic amines) is 1. The van der Waals surface area contributed by atoms with Crippen LogP contribution >= 0.6 is 0 Å². The van der Waals surface area contributed by atoms with Gasteiger partial charge in [0.1, 0.15) is 6.04 Å². The van der Waals surface area contributed by atoms with E-state index < -0.39 is 12.2 Å².